The van der Waals surface area contributed by atoms with Gasteiger partial charge in [-0.05, 0) is 30.5 Å². The molecule has 4 rings (SSSR count). The van der Waals surface area contributed by atoms with Crippen LogP contribution in [0.4, 0.5) is 5.82 Å². The van der Waals surface area contributed by atoms with Gasteiger partial charge in [-0.25, -0.2) is 22.4 Å². The van der Waals surface area contributed by atoms with Crippen molar-refractivity contribution in [2.75, 3.05) is 31.3 Å². The van der Waals surface area contributed by atoms with Crippen molar-refractivity contribution in [2.24, 2.45) is 5.92 Å². The zero-order valence-corrected chi connectivity index (χ0v) is 17.9. The zero-order valence-electron chi connectivity index (χ0n) is 17.1. The maximum Gasteiger partial charge on any atom is 0.237 e. The highest BCUT2D eigenvalue weighted by Gasteiger charge is 2.31. The summed E-state index contributed by atoms with van der Waals surface area (Å²) in [7, 11) is -1.36. The van der Waals surface area contributed by atoms with E-state index in [0.29, 0.717) is 11.6 Å². The monoisotopic (exact) mass is 413 g/mol. The van der Waals surface area contributed by atoms with Crippen LogP contribution in [0, 0.1) is 5.92 Å². The fourth-order valence-corrected chi connectivity index (χ4v) is 4.97. The molecule has 0 aliphatic carbocycles. The van der Waals surface area contributed by atoms with Gasteiger partial charge in [-0.1, -0.05) is 37.3 Å². The average Bonchev–Trinajstić information content (AvgIpc) is 3.14. The van der Waals surface area contributed by atoms with E-state index in [1.807, 2.05) is 13.1 Å². The fraction of sp³-hybridized carbons (Fsp3) is 0.429. The molecule has 2 atom stereocenters. The van der Waals surface area contributed by atoms with Crippen molar-refractivity contribution < 1.29 is 8.42 Å². The van der Waals surface area contributed by atoms with E-state index in [1.54, 1.807) is 12.3 Å². The normalized spacial score (nSPS) is 20.8. The number of nitrogens with zero attached hydrogens (tertiary/aromatic N) is 5. The van der Waals surface area contributed by atoms with Crippen molar-refractivity contribution >= 4 is 26.9 Å². The molecule has 1 saturated heterocycles. The molecule has 0 spiro atoms. The lowest BCUT2D eigenvalue weighted by molar-refractivity contribution is 0.159. The number of hydrogen-bond acceptors (Lipinski definition) is 6. The van der Waals surface area contributed by atoms with Gasteiger partial charge in [0.25, 0.3) is 0 Å². The van der Waals surface area contributed by atoms with Gasteiger partial charge in [0.15, 0.2) is 5.65 Å². The molecule has 0 bridgehead atoms. The van der Waals surface area contributed by atoms with Gasteiger partial charge in [-0.15, -0.1) is 0 Å². The highest BCUT2D eigenvalue weighted by atomic mass is 32.2. The molecule has 3 heterocycles. The first-order chi connectivity index (χ1) is 13.8. The summed E-state index contributed by atoms with van der Waals surface area (Å²) in [6.45, 7) is 5.22. The molecule has 1 aliphatic heterocycles. The summed E-state index contributed by atoms with van der Waals surface area (Å²) in [4.78, 5) is 13.4. The summed E-state index contributed by atoms with van der Waals surface area (Å²) < 4.78 is 25.3. The Morgan fingerprint density at radius 2 is 1.93 bits per heavy atom. The number of hydrogen-bond donors (Lipinski definition) is 0. The van der Waals surface area contributed by atoms with Crippen LogP contribution in [0.2, 0.25) is 0 Å². The molecule has 29 heavy (non-hydrogen) atoms. The Balaban J connectivity index is 1.61. The topological polar surface area (TPSA) is 71.3 Å². The van der Waals surface area contributed by atoms with Gasteiger partial charge in [0, 0.05) is 32.4 Å². The number of likely N-dealkylation sites (N-methyl/N-ethyl adjacent to an activating group) is 1. The smallest absolute Gasteiger partial charge is 0.237 e. The van der Waals surface area contributed by atoms with Gasteiger partial charge in [0.05, 0.1) is 11.6 Å². The van der Waals surface area contributed by atoms with E-state index in [2.05, 4.69) is 51.0 Å². The van der Waals surface area contributed by atoms with E-state index in [-0.39, 0.29) is 6.04 Å². The van der Waals surface area contributed by atoms with E-state index in [9.17, 15) is 8.42 Å². The first kappa shape index (κ1) is 19.8. The Morgan fingerprint density at radius 3 is 2.66 bits per heavy atom. The molecule has 0 N–H and O–H groups in total. The molecular weight excluding hydrogens is 386 g/mol. The minimum absolute atomic E-state index is 0.284. The largest absolute Gasteiger partial charge is 0.354 e. The summed E-state index contributed by atoms with van der Waals surface area (Å²) in [6.07, 6.45) is 5.30. The second-order valence-electron chi connectivity index (χ2n) is 7.97. The Kier molecular flexibility index (Phi) is 5.31. The SMILES string of the molecule is C[C@@H]1CCN(Cc2ccccc2)CC1N(C)c1ncnc2c1ccn2S(C)(=O)=O. The maximum absolute atomic E-state index is 12.0. The molecule has 154 valence electrons. The van der Waals surface area contributed by atoms with Crippen LogP contribution in [0.5, 0.6) is 0 Å². The van der Waals surface area contributed by atoms with Crippen LogP contribution >= 0.6 is 0 Å². The molecule has 1 fully saturated rings. The van der Waals surface area contributed by atoms with Crippen LogP contribution in [0.3, 0.4) is 0 Å². The number of benzene rings is 1. The van der Waals surface area contributed by atoms with Crippen LogP contribution in [0.1, 0.15) is 18.9 Å². The molecule has 0 saturated carbocycles. The van der Waals surface area contributed by atoms with Crippen molar-refractivity contribution in [3.05, 3.63) is 54.5 Å². The van der Waals surface area contributed by atoms with Crippen molar-refractivity contribution in [3.63, 3.8) is 0 Å². The third-order valence-electron chi connectivity index (χ3n) is 5.87. The third kappa shape index (κ3) is 4.00. The quantitative estimate of drug-likeness (QED) is 0.640. The van der Waals surface area contributed by atoms with Crippen LogP contribution in [-0.4, -0.2) is 59.7 Å². The lowest BCUT2D eigenvalue weighted by Crippen LogP contribution is -2.50. The molecule has 2 aromatic heterocycles. The van der Waals surface area contributed by atoms with Gasteiger partial charge >= 0.3 is 0 Å². The van der Waals surface area contributed by atoms with Gasteiger partial charge in [0.1, 0.15) is 12.1 Å². The predicted octanol–water partition coefficient (Wildman–Crippen LogP) is 2.59. The molecule has 3 aromatic rings. The van der Waals surface area contributed by atoms with Crippen molar-refractivity contribution in [1.29, 1.82) is 0 Å². The van der Waals surface area contributed by atoms with Crippen molar-refractivity contribution in [2.45, 2.75) is 25.9 Å². The molecule has 0 radical (unpaired) electrons. The number of anilines is 1. The van der Waals surface area contributed by atoms with Crippen LogP contribution in [0.25, 0.3) is 11.0 Å². The summed E-state index contributed by atoms with van der Waals surface area (Å²) in [5, 5.41) is 0.757. The average molecular weight is 414 g/mol. The number of rotatable bonds is 5. The van der Waals surface area contributed by atoms with Gasteiger partial charge in [0.2, 0.25) is 10.0 Å². The minimum Gasteiger partial charge on any atom is -0.354 e. The highest BCUT2D eigenvalue weighted by molar-refractivity contribution is 7.89. The second kappa shape index (κ2) is 7.76. The summed E-state index contributed by atoms with van der Waals surface area (Å²) in [5.74, 6) is 1.28. The van der Waals surface area contributed by atoms with Crippen molar-refractivity contribution in [3.8, 4) is 0 Å². The van der Waals surface area contributed by atoms with Crippen LogP contribution in [0.15, 0.2) is 48.9 Å². The molecule has 1 aliphatic rings. The van der Waals surface area contributed by atoms with E-state index >= 15 is 0 Å². The van der Waals surface area contributed by atoms with Crippen LogP contribution < -0.4 is 4.90 Å². The van der Waals surface area contributed by atoms with E-state index in [0.717, 1.165) is 37.3 Å². The molecule has 0 amide bonds. The Hall–Kier alpha value is -2.45. The van der Waals surface area contributed by atoms with Gasteiger partial charge in [-0.2, -0.15) is 0 Å². The van der Waals surface area contributed by atoms with E-state index < -0.39 is 10.0 Å². The van der Waals surface area contributed by atoms with Gasteiger partial charge < -0.3 is 4.90 Å². The third-order valence-corrected chi connectivity index (χ3v) is 6.88. The molecule has 8 heteroatoms. The first-order valence-corrected chi connectivity index (χ1v) is 11.7. The lowest BCUT2D eigenvalue weighted by atomic mass is 9.92. The van der Waals surface area contributed by atoms with E-state index in [1.165, 1.54) is 22.1 Å². The number of likely N-dealkylation sites (tertiary alicyclic amines) is 1. The molecule has 1 aromatic carbocycles. The second-order valence-corrected chi connectivity index (χ2v) is 9.83. The Bertz CT molecular complexity index is 1100. The molecular formula is C21H27N5O2S. The highest BCUT2D eigenvalue weighted by Crippen LogP contribution is 2.30. The Morgan fingerprint density at radius 1 is 1.17 bits per heavy atom. The zero-order chi connectivity index (χ0) is 20.6. The summed E-state index contributed by atoms with van der Waals surface area (Å²) in [6, 6.07) is 12.6. The standard InChI is InChI=1S/C21H27N5O2S/c1-16-9-11-25(13-17-7-5-4-6-8-17)14-19(16)24(2)20-18-10-12-26(29(3,27)28)21(18)23-15-22-20/h4-8,10,12,15-16,19H,9,11,13-14H2,1-3H3/t16-,19?/m1/s1. The molecule has 7 nitrogen and oxygen atoms in total. The van der Waals surface area contributed by atoms with Crippen molar-refractivity contribution in [1.82, 2.24) is 18.8 Å². The predicted molar refractivity (Wildman–Crippen MR) is 115 cm³/mol. The Labute approximate surface area is 172 Å². The van der Waals surface area contributed by atoms with Gasteiger partial charge in [-0.3, -0.25) is 4.90 Å². The minimum atomic E-state index is -3.41. The number of piperidine rings is 1. The lowest BCUT2D eigenvalue weighted by Gasteiger charge is -2.42. The number of fused-ring (bicyclic) bond motifs is 1. The maximum atomic E-state index is 12.0. The first-order valence-electron chi connectivity index (χ1n) is 9.86. The van der Waals surface area contributed by atoms with Crippen LogP contribution in [-0.2, 0) is 16.6 Å². The molecule has 1 unspecified atom stereocenters. The van der Waals surface area contributed by atoms with E-state index in [4.69, 9.17) is 0 Å². The number of aromatic nitrogens is 3. The fourth-order valence-electron chi connectivity index (χ4n) is 4.22. The summed E-state index contributed by atoms with van der Waals surface area (Å²) >= 11 is 0. The summed E-state index contributed by atoms with van der Waals surface area (Å²) in [5.41, 5.74) is 1.74.